The second-order valence-electron chi connectivity index (χ2n) is 6.36. The summed E-state index contributed by atoms with van der Waals surface area (Å²) in [5, 5.41) is 3.18. The maximum atomic E-state index is 14.1. The number of ether oxygens (including phenoxy) is 2. The Morgan fingerprint density at radius 1 is 1.31 bits per heavy atom. The molecule has 0 bridgehead atoms. The van der Waals surface area contributed by atoms with Gasteiger partial charge in [-0.1, -0.05) is 12.5 Å². The summed E-state index contributed by atoms with van der Waals surface area (Å²) in [6.45, 7) is 4.64. The zero-order valence-electron chi connectivity index (χ0n) is 16.2. The lowest BCUT2D eigenvalue weighted by molar-refractivity contribution is -0.125. The van der Waals surface area contributed by atoms with Gasteiger partial charge in [0.25, 0.3) is 0 Å². The normalized spacial score (nSPS) is 15.3. The molecule has 150 valence electrons. The number of anilines is 1. The van der Waals surface area contributed by atoms with Crippen molar-refractivity contribution in [3.8, 4) is 23.3 Å². The van der Waals surface area contributed by atoms with Crippen LogP contribution >= 0.6 is 0 Å². The Balaban J connectivity index is 1.76. The van der Waals surface area contributed by atoms with Crippen LogP contribution in [0.3, 0.4) is 0 Å². The van der Waals surface area contributed by atoms with Gasteiger partial charge in [0.05, 0.1) is 20.4 Å². The minimum atomic E-state index is -0.757. The molecule has 1 aliphatic rings. The van der Waals surface area contributed by atoms with Gasteiger partial charge in [0.1, 0.15) is 17.3 Å². The molecule has 0 unspecified atom stereocenters. The molecule has 0 aliphatic carbocycles. The van der Waals surface area contributed by atoms with Gasteiger partial charge >= 0.3 is 0 Å². The average molecular weight is 396 g/mol. The first-order valence-electron chi connectivity index (χ1n) is 8.98. The van der Waals surface area contributed by atoms with Crippen molar-refractivity contribution in [3.05, 3.63) is 54.3 Å². The molecule has 29 heavy (non-hydrogen) atoms. The van der Waals surface area contributed by atoms with Crippen molar-refractivity contribution in [1.82, 2.24) is 14.9 Å². The van der Waals surface area contributed by atoms with Crippen LogP contribution in [0.4, 0.5) is 10.2 Å². The highest BCUT2D eigenvalue weighted by atomic mass is 19.1. The number of nitrogens with zero attached hydrogens (tertiary/aromatic N) is 3. The number of rotatable bonds is 5. The van der Waals surface area contributed by atoms with Gasteiger partial charge in [-0.05, 0) is 30.6 Å². The first-order chi connectivity index (χ1) is 14.0. The molecule has 3 rings (SSSR count). The average Bonchev–Trinajstić information content (AvgIpc) is 3.21. The summed E-state index contributed by atoms with van der Waals surface area (Å²) in [4.78, 5) is 21.3. The van der Waals surface area contributed by atoms with Gasteiger partial charge in [-0.3, -0.25) is 4.79 Å². The van der Waals surface area contributed by atoms with Crippen molar-refractivity contribution < 1.29 is 18.7 Å². The Bertz CT molecular complexity index is 961. The van der Waals surface area contributed by atoms with Crippen LogP contribution in [0.1, 0.15) is 17.7 Å². The van der Waals surface area contributed by atoms with Crippen LogP contribution in [0.5, 0.6) is 11.5 Å². The van der Waals surface area contributed by atoms with Crippen LogP contribution in [0.15, 0.2) is 37.1 Å². The summed E-state index contributed by atoms with van der Waals surface area (Å²) >= 11 is 0. The SMILES string of the molecule is C=CC(=O)N1CC[C@H](Nc2cnc(F)c(C#Cc3cc(OC)cc(OC)c3)n2)C1. The predicted molar refractivity (Wildman–Crippen MR) is 106 cm³/mol. The molecule has 1 N–H and O–H groups in total. The number of methoxy groups -OCH3 is 2. The second kappa shape index (κ2) is 9.06. The molecule has 2 aromatic rings. The lowest BCUT2D eigenvalue weighted by Gasteiger charge is -2.15. The van der Waals surface area contributed by atoms with Gasteiger partial charge < -0.3 is 19.7 Å². The van der Waals surface area contributed by atoms with Crippen molar-refractivity contribution in [1.29, 1.82) is 0 Å². The number of hydrogen-bond donors (Lipinski definition) is 1. The van der Waals surface area contributed by atoms with E-state index in [1.165, 1.54) is 12.3 Å². The molecular weight excluding hydrogens is 375 g/mol. The Hall–Kier alpha value is -3.60. The zero-order valence-corrected chi connectivity index (χ0v) is 16.2. The molecule has 7 nitrogen and oxygen atoms in total. The number of amides is 1. The summed E-state index contributed by atoms with van der Waals surface area (Å²) < 4.78 is 24.5. The lowest BCUT2D eigenvalue weighted by atomic mass is 10.2. The largest absolute Gasteiger partial charge is 0.497 e. The van der Waals surface area contributed by atoms with Crippen LogP contribution in [-0.2, 0) is 4.79 Å². The number of aromatic nitrogens is 2. The monoisotopic (exact) mass is 396 g/mol. The molecule has 1 atom stereocenters. The smallest absolute Gasteiger partial charge is 0.247 e. The molecule has 1 aliphatic heterocycles. The molecule has 0 saturated carbocycles. The van der Waals surface area contributed by atoms with E-state index in [9.17, 15) is 9.18 Å². The topological polar surface area (TPSA) is 76.6 Å². The van der Waals surface area contributed by atoms with Crippen LogP contribution < -0.4 is 14.8 Å². The third kappa shape index (κ3) is 5.02. The van der Waals surface area contributed by atoms with Crippen LogP contribution in [0.2, 0.25) is 0 Å². The molecule has 1 saturated heterocycles. The second-order valence-corrected chi connectivity index (χ2v) is 6.36. The van der Waals surface area contributed by atoms with E-state index in [0.29, 0.717) is 36.0 Å². The summed E-state index contributed by atoms with van der Waals surface area (Å²) in [6, 6.07) is 5.15. The maximum absolute atomic E-state index is 14.1. The van der Waals surface area contributed by atoms with Crippen LogP contribution in [0, 0.1) is 17.8 Å². The van der Waals surface area contributed by atoms with Crippen molar-refractivity contribution in [3.63, 3.8) is 0 Å². The van der Waals surface area contributed by atoms with Gasteiger partial charge in [0, 0.05) is 30.8 Å². The van der Waals surface area contributed by atoms with Crippen molar-refractivity contribution in [2.45, 2.75) is 12.5 Å². The molecule has 8 heteroatoms. The summed E-state index contributed by atoms with van der Waals surface area (Å²) in [5.41, 5.74) is 0.518. The van der Waals surface area contributed by atoms with Gasteiger partial charge in [-0.15, -0.1) is 0 Å². The van der Waals surface area contributed by atoms with E-state index in [2.05, 4.69) is 33.7 Å². The fourth-order valence-corrected chi connectivity index (χ4v) is 2.95. The maximum Gasteiger partial charge on any atom is 0.247 e. The Kier molecular flexibility index (Phi) is 6.29. The number of carbonyl (C=O) groups is 1. The zero-order chi connectivity index (χ0) is 20.8. The lowest BCUT2D eigenvalue weighted by Crippen LogP contribution is -2.30. The van der Waals surface area contributed by atoms with Crippen LogP contribution in [-0.4, -0.2) is 54.1 Å². The minimum absolute atomic E-state index is 0.00196. The number of likely N-dealkylation sites (tertiary alicyclic amines) is 1. The summed E-state index contributed by atoms with van der Waals surface area (Å²) in [5.74, 6) is 6.25. The molecule has 1 aromatic heterocycles. The fraction of sp³-hybridized carbons (Fsp3) is 0.286. The van der Waals surface area contributed by atoms with E-state index in [1.54, 1.807) is 37.3 Å². The van der Waals surface area contributed by atoms with E-state index in [-0.39, 0.29) is 17.6 Å². The first-order valence-corrected chi connectivity index (χ1v) is 8.98. The number of carbonyl (C=O) groups excluding carboxylic acids is 1. The Morgan fingerprint density at radius 3 is 2.69 bits per heavy atom. The molecule has 1 amide bonds. The van der Waals surface area contributed by atoms with Crippen molar-refractivity contribution in [2.75, 3.05) is 32.6 Å². The van der Waals surface area contributed by atoms with Crippen molar-refractivity contribution in [2.24, 2.45) is 0 Å². The highest BCUT2D eigenvalue weighted by Crippen LogP contribution is 2.22. The van der Waals surface area contributed by atoms with Gasteiger partial charge in [-0.25, -0.2) is 9.97 Å². The molecule has 0 spiro atoms. The van der Waals surface area contributed by atoms with E-state index in [4.69, 9.17) is 9.47 Å². The molecular formula is C21H21FN4O3. The number of benzene rings is 1. The molecule has 1 aromatic carbocycles. The van der Waals surface area contributed by atoms with Crippen LogP contribution in [0.25, 0.3) is 0 Å². The molecule has 2 heterocycles. The number of halogens is 1. The quantitative estimate of drug-likeness (QED) is 0.617. The highest BCUT2D eigenvalue weighted by Gasteiger charge is 2.25. The molecule has 1 fully saturated rings. The molecule has 0 radical (unpaired) electrons. The van der Waals surface area contributed by atoms with E-state index >= 15 is 0 Å². The summed E-state index contributed by atoms with van der Waals surface area (Å²) in [6.07, 6.45) is 3.36. The first kappa shape index (κ1) is 20.1. The van der Waals surface area contributed by atoms with Gasteiger partial charge in [0.15, 0.2) is 5.69 Å². The number of nitrogens with one attached hydrogen (secondary N) is 1. The van der Waals surface area contributed by atoms with E-state index < -0.39 is 5.95 Å². The standard InChI is InChI=1S/C21H21FN4O3/c1-4-20(27)26-8-7-15(13-26)24-19-12-23-21(22)18(25-19)6-5-14-9-16(28-2)11-17(10-14)29-3/h4,9-12,15H,1,7-8,13H2,2-3H3,(H,24,25)/t15-/m0/s1. The third-order valence-corrected chi connectivity index (χ3v) is 4.43. The predicted octanol–water partition coefficient (Wildman–Crippen LogP) is 2.23. The van der Waals surface area contributed by atoms with Gasteiger partial charge in [0.2, 0.25) is 11.9 Å². The van der Waals surface area contributed by atoms with Gasteiger partial charge in [-0.2, -0.15) is 4.39 Å². The van der Waals surface area contributed by atoms with Crippen molar-refractivity contribution >= 4 is 11.7 Å². The van der Waals surface area contributed by atoms with E-state index in [0.717, 1.165) is 6.42 Å². The fourth-order valence-electron chi connectivity index (χ4n) is 2.95. The Labute approximate surface area is 168 Å². The summed E-state index contributed by atoms with van der Waals surface area (Å²) in [7, 11) is 3.08. The third-order valence-electron chi connectivity index (χ3n) is 4.43. The number of hydrogen-bond acceptors (Lipinski definition) is 6. The Morgan fingerprint density at radius 2 is 2.03 bits per heavy atom. The van der Waals surface area contributed by atoms with E-state index in [1.807, 2.05) is 0 Å². The minimum Gasteiger partial charge on any atom is -0.497 e. The highest BCUT2D eigenvalue weighted by molar-refractivity contribution is 5.87.